The minimum absolute atomic E-state index is 0.118. The van der Waals surface area contributed by atoms with Gasteiger partial charge in [-0.05, 0) is 12.1 Å². The van der Waals surface area contributed by atoms with Crippen molar-refractivity contribution in [2.75, 3.05) is 0 Å². The maximum atomic E-state index is 12.6. The summed E-state index contributed by atoms with van der Waals surface area (Å²) in [5.41, 5.74) is -0.0250. The number of cyclic esters (lactones) is 1. The maximum Gasteiger partial charge on any atom is 0.340 e. The second kappa shape index (κ2) is 5.79. The third-order valence-corrected chi connectivity index (χ3v) is 5.38. The van der Waals surface area contributed by atoms with Gasteiger partial charge in [0.05, 0.1) is 5.56 Å². The van der Waals surface area contributed by atoms with Gasteiger partial charge >= 0.3 is 5.97 Å². The Bertz CT molecular complexity index is 1050. The second-order valence-electron chi connectivity index (χ2n) is 5.96. The number of fused-ring (bicyclic) bond motifs is 1. The van der Waals surface area contributed by atoms with E-state index < -0.39 is 21.7 Å². The van der Waals surface area contributed by atoms with Gasteiger partial charge in [-0.3, -0.25) is 4.55 Å². The quantitative estimate of drug-likeness (QED) is 0.568. The zero-order chi connectivity index (χ0) is 18.4. The molecule has 1 heterocycles. The number of hydrogen-bond donors (Lipinski definition) is 1. The molecule has 0 saturated carbocycles. The van der Waals surface area contributed by atoms with E-state index in [0.29, 0.717) is 11.1 Å². The van der Waals surface area contributed by atoms with Crippen molar-refractivity contribution in [1.82, 2.24) is 0 Å². The minimum atomic E-state index is -4.57. The average Bonchev–Trinajstić information content (AvgIpc) is 2.96. The van der Waals surface area contributed by atoms with Gasteiger partial charge in [-0.2, -0.15) is 8.42 Å². The largest absolute Gasteiger partial charge is 0.441 e. The average molecular weight is 366 g/mol. The Kier molecular flexibility index (Phi) is 3.68. The predicted octanol–water partition coefficient (Wildman–Crippen LogP) is 3.40. The molecule has 0 unspecified atom stereocenters. The summed E-state index contributed by atoms with van der Waals surface area (Å²) < 4.78 is 39.7. The summed E-state index contributed by atoms with van der Waals surface area (Å²) in [5.74, 6) is -0.641. The molecule has 0 radical (unpaired) electrons. The number of carbonyl (C=O) groups is 1. The lowest BCUT2D eigenvalue weighted by molar-refractivity contribution is 0.0246. The third kappa shape index (κ3) is 2.34. The molecule has 0 bridgehead atoms. The smallest absolute Gasteiger partial charge is 0.340 e. The molecule has 1 aliphatic rings. The first kappa shape index (κ1) is 16.5. The van der Waals surface area contributed by atoms with Crippen LogP contribution in [0.4, 0.5) is 0 Å². The number of esters is 1. The molecule has 0 spiro atoms. The maximum absolute atomic E-state index is 12.6. The molecule has 4 rings (SSSR count). The van der Waals surface area contributed by atoms with Gasteiger partial charge in [-0.15, -0.1) is 0 Å². The summed E-state index contributed by atoms with van der Waals surface area (Å²) in [7, 11) is -4.57. The van der Waals surface area contributed by atoms with Crippen molar-refractivity contribution >= 4 is 16.1 Å². The molecule has 0 amide bonds. The zero-order valence-corrected chi connectivity index (χ0v) is 14.3. The van der Waals surface area contributed by atoms with Crippen LogP contribution in [-0.2, 0) is 20.5 Å². The highest BCUT2D eigenvalue weighted by molar-refractivity contribution is 7.85. The molecule has 26 heavy (non-hydrogen) atoms. The SMILES string of the molecule is O=C1OC(c2ccccc2)(c2ccccc2)c2c1cccc2S(=O)(=O)O. The van der Waals surface area contributed by atoms with Crippen LogP contribution < -0.4 is 0 Å². The molecule has 1 N–H and O–H groups in total. The molecular weight excluding hydrogens is 352 g/mol. The topological polar surface area (TPSA) is 80.7 Å². The molecule has 3 aromatic rings. The molecule has 6 heteroatoms. The highest BCUT2D eigenvalue weighted by Gasteiger charge is 2.51. The number of hydrogen-bond acceptors (Lipinski definition) is 4. The first-order chi connectivity index (χ1) is 12.4. The predicted molar refractivity (Wildman–Crippen MR) is 94.4 cm³/mol. The van der Waals surface area contributed by atoms with Crippen LogP contribution in [0, 0.1) is 0 Å². The summed E-state index contributed by atoms with van der Waals surface area (Å²) in [5, 5.41) is 0. The fourth-order valence-electron chi connectivity index (χ4n) is 3.44. The Labute approximate surface area is 150 Å². The first-order valence-corrected chi connectivity index (χ1v) is 9.34. The van der Waals surface area contributed by atoms with Gasteiger partial charge in [0.1, 0.15) is 4.90 Å². The van der Waals surface area contributed by atoms with E-state index in [2.05, 4.69) is 0 Å². The van der Waals surface area contributed by atoms with E-state index in [4.69, 9.17) is 4.74 Å². The lowest BCUT2D eigenvalue weighted by Crippen LogP contribution is -2.31. The van der Waals surface area contributed by atoms with Gasteiger partial charge in [-0.25, -0.2) is 4.79 Å². The highest BCUT2D eigenvalue weighted by Crippen LogP contribution is 2.49. The second-order valence-corrected chi connectivity index (χ2v) is 7.35. The summed E-state index contributed by atoms with van der Waals surface area (Å²) >= 11 is 0. The Balaban J connectivity index is 2.17. The lowest BCUT2D eigenvalue weighted by Gasteiger charge is -2.31. The standard InChI is InChI=1S/C20H14O5S/c21-19-16-12-7-13-17(26(22,23)24)18(16)20(25-19,14-8-3-1-4-9-14)15-10-5-2-6-11-15/h1-13H,(H,22,23,24). The van der Waals surface area contributed by atoms with Crippen LogP contribution in [-0.4, -0.2) is 18.9 Å². The van der Waals surface area contributed by atoms with Crippen LogP contribution in [0.15, 0.2) is 83.8 Å². The van der Waals surface area contributed by atoms with Crippen molar-refractivity contribution in [3.63, 3.8) is 0 Å². The van der Waals surface area contributed by atoms with Gasteiger partial charge in [0.2, 0.25) is 0 Å². The van der Waals surface area contributed by atoms with E-state index in [-0.39, 0.29) is 16.0 Å². The molecule has 3 aromatic carbocycles. The molecule has 0 aliphatic carbocycles. The van der Waals surface area contributed by atoms with Crippen molar-refractivity contribution < 1.29 is 22.5 Å². The Hall–Kier alpha value is -2.96. The van der Waals surface area contributed by atoms with Gasteiger partial charge in [-0.1, -0.05) is 66.7 Å². The fourth-order valence-corrected chi connectivity index (χ4v) is 4.21. The molecule has 0 atom stereocenters. The number of benzene rings is 3. The van der Waals surface area contributed by atoms with Crippen LogP contribution in [0.25, 0.3) is 0 Å². The molecule has 0 saturated heterocycles. The van der Waals surface area contributed by atoms with Gasteiger partial charge in [0.15, 0.2) is 5.60 Å². The van der Waals surface area contributed by atoms with E-state index in [1.54, 1.807) is 48.5 Å². The van der Waals surface area contributed by atoms with Crippen molar-refractivity contribution in [3.05, 3.63) is 101 Å². The van der Waals surface area contributed by atoms with Gasteiger partial charge < -0.3 is 4.74 Å². The Morgan fingerprint density at radius 3 is 1.81 bits per heavy atom. The molecular formula is C20H14O5S. The van der Waals surface area contributed by atoms with Crippen molar-refractivity contribution in [1.29, 1.82) is 0 Å². The van der Waals surface area contributed by atoms with Crippen LogP contribution in [0.2, 0.25) is 0 Å². The summed E-state index contributed by atoms with van der Waals surface area (Å²) in [6, 6.07) is 22.0. The Morgan fingerprint density at radius 1 is 0.769 bits per heavy atom. The lowest BCUT2D eigenvalue weighted by atomic mass is 9.80. The van der Waals surface area contributed by atoms with E-state index in [1.165, 1.54) is 18.2 Å². The zero-order valence-electron chi connectivity index (χ0n) is 13.5. The van der Waals surface area contributed by atoms with Crippen LogP contribution in [0.5, 0.6) is 0 Å². The third-order valence-electron chi connectivity index (χ3n) is 4.48. The van der Waals surface area contributed by atoms with Gasteiger partial charge in [0.25, 0.3) is 10.1 Å². The summed E-state index contributed by atoms with van der Waals surface area (Å²) in [6.45, 7) is 0. The number of rotatable bonds is 3. The number of ether oxygens (including phenoxy) is 1. The van der Waals surface area contributed by atoms with Crippen LogP contribution in [0.1, 0.15) is 27.0 Å². The van der Waals surface area contributed by atoms with Crippen molar-refractivity contribution in [2.24, 2.45) is 0 Å². The van der Waals surface area contributed by atoms with E-state index in [1.807, 2.05) is 12.1 Å². The van der Waals surface area contributed by atoms with Crippen molar-refractivity contribution in [2.45, 2.75) is 10.5 Å². The first-order valence-electron chi connectivity index (χ1n) is 7.90. The fraction of sp³-hybridized carbons (Fsp3) is 0.0500. The molecule has 130 valence electrons. The number of carbonyl (C=O) groups excluding carboxylic acids is 1. The molecule has 1 aliphatic heterocycles. The molecule has 0 aromatic heterocycles. The monoisotopic (exact) mass is 366 g/mol. The van der Waals surface area contributed by atoms with Crippen LogP contribution in [0.3, 0.4) is 0 Å². The molecule has 0 fully saturated rings. The highest BCUT2D eigenvalue weighted by atomic mass is 32.2. The van der Waals surface area contributed by atoms with E-state index in [9.17, 15) is 17.8 Å². The molecule has 5 nitrogen and oxygen atoms in total. The summed E-state index contributed by atoms with van der Waals surface area (Å²) in [6.07, 6.45) is 0. The van der Waals surface area contributed by atoms with E-state index in [0.717, 1.165) is 0 Å². The van der Waals surface area contributed by atoms with Gasteiger partial charge in [0, 0.05) is 16.7 Å². The van der Waals surface area contributed by atoms with Crippen LogP contribution >= 0.6 is 0 Å². The normalized spacial score (nSPS) is 15.3. The minimum Gasteiger partial charge on any atom is -0.441 e. The van der Waals surface area contributed by atoms with E-state index >= 15 is 0 Å². The van der Waals surface area contributed by atoms with Crippen molar-refractivity contribution in [3.8, 4) is 0 Å². The Morgan fingerprint density at radius 2 is 1.31 bits per heavy atom. The summed E-state index contributed by atoms with van der Waals surface area (Å²) in [4.78, 5) is 12.3.